The maximum atomic E-state index is 14.4. The number of carbonyl (C=O) groups is 2. The van der Waals surface area contributed by atoms with E-state index in [1.165, 1.54) is 30.0 Å². The van der Waals surface area contributed by atoms with Crippen molar-refractivity contribution in [2.24, 2.45) is 0 Å². The molecule has 0 spiro atoms. The van der Waals surface area contributed by atoms with Crippen LogP contribution in [-0.4, -0.2) is 36.8 Å². The third kappa shape index (κ3) is 5.53. The maximum Gasteiger partial charge on any atom is 0.344 e. The third-order valence-electron chi connectivity index (χ3n) is 4.80. The van der Waals surface area contributed by atoms with Crippen molar-refractivity contribution in [1.82, 2.24) is 5.16 Å². The molecule has 0 bridgehead atoms. The SMILES string of the molecule is CCOc1ccc(N(CCC#N)C(=O)COC(=O)c2c(-c3c(F)cccc3Cl)noc2C)cc1. The van der Waals surface area contributed by atoms with Gasteiger partial charge < -0.3 is 18.9 Å². The van der Waals surface area contributed by atoms with Gasteiger partial charge in [0.1, 0.15) is 28.6 Å². The van der Waals surface area contributed by atoms with Crippen molar-refractivity contribution in [2.45, 2.75) is 20.3 Å². The largest absolute Gasteiger partial charge is 0.494 e. The number of hydrogen-bond donors (Lipinski definition) is 0. The van der Waals surface area contributed by atoms with E-state index in [4.69, 9.17) is 30.9 Å². The number of ether oxygens (including phenoxy) is 2. The Morgan fingerprint density at radius 2 is 1.97 bits per heavy atom. The van der Waals surface area contributed by atoms with Crippen molar-refractivity contribution in [2.75, 3.05) is 24.7 Å². The summed E-state index contributed by atoms with van der Waals surface area (Å²) in [4.78, 5) is 27.0. The summed E-state index contributed by atoms with van der Waals surface area (Å²) in [5, 5.41) is 12.8. The van der Waals surface area contributed by atoms with E-state index in [0.29, 0.717) is 18.0 Å². The zero-order valence-corrected chi connectivity index (χ0v) is 19.3. The second-order valence-corrected chi connectivity index (χ2v) is 7.42. The molecule has 1 aromatic heterocycles. The van der Waals surface area contributed by atoms with Crippen LogP contribution < -0.4 is 9.64 Å². The summed E-state index contributed by atoms with van der Waals surface area (Å²) in [6, 6.07) is 12.8. The molecule has 0 saturated heterocycles. The van der Waals surface area contributed by atoms with Gasteiger partial charge in [-0.15, -0.1) is 0 Å². The Kier molecular flexibility index (Phi) is 8.22. The fourth-order valence-corrected chi connectivity index (χ4v) is 3.49. The smallest absolute Gasteiger partial charge is 0.344 e. The van der Waals surface area contributed by atoms with Crippen LogP contribution in [0.3, 0.4) is 0 Å². The number of hydrogen-bond acceptors (Lipinski definition) is 7. The minimum absolute atomic E-state index is 0.0385. The summed E-state index contributed by atoms with van der Waals surface area (Å²) < 4.78 is 30.1. The van der Waals surface area contributed by atoms with E-state index in [1.807, 2.05) is 13.0 Å². The van der Waals surface area contributed by atoms with Crippen molar-refractivity contribution in [1.29, 1.82) is 5.26 Å². The normalized spacial score (nSPS) is 10.4. The lowest BCUT2D eigenvalue weighted by Crippen LogP contribution is -2.35. The van der Waals surface area contributed by atoms with Gasteiger partial charge in [-0.25, -0.2) is 9.18 Å². The monoisotopic (exact) mass is 485 g/mol. The van der Waals surface area contributed by atoms with Crippen LogP contribution in [0.4, 0.5) is 10.1 Å². The lowest BCUT2D eigenvalue weighted by atomic mass is 10.1. The fourth-order valence-electron chi connectivity index (χ4n) is 3.23. The second kappa shape index (κ2) is 11.3. The highest BCUT2D eigenvalue weighted by atomic mass is 35.5. The summed E-state index contributed by atoms with van der Waals surface area (Å²) in [5.41, 5.74) is 0.152. The first kappa shape index (κ1) is 24.7. The lowest BCUT2D eigenvalue weighted by Gasteiger charge is -2.22. The average Bonchev–Trinajstić information content (AvgIpc) is 3.19. The van der Waals surface area contributed by atoms with E-state index in [9.17, 15) is 14.0 Å². The van der Waals surface area contributed by atoms with E-state index in [2.05, 4.69) is 5.16 Å². The molecule has 1 amide bonds. The summed E-state index contributed by atoms with van der Waals surface area (Å²) >= 11 is 6.10. The Hall–Kier alpha value is -3.90. The molecule has 0 unspecified atom stereocenters. The minimum Gasteiger partial charge on any atom is -0.494 e. The van der Waals surface area contributed by atoms with Gasteiger partial charge in [0, 0.05) is 12.2 Å². The summed E-state index contributed by atoms with van der Waals surface area (Å²) in [7, 11) is 0. The number of anilines is 1. The second-order valence-electron chi connectivity index (χ2n) is 7.02. The van der Waals surface area contributed by atoms with Gasteiger partial charge in [0.2, 0.25) is 0 Å². The quantitative estimate of drug-likeness (QED) is 0.395. The number of aromatic nitrogens is 1. The molecule has 0 fully saturated rings. The molecular weight excluding hydrogens is 465 g/mol. The Bertz CT molecular complexity index is 1200. The highest BCUT2D eigenvalue weighted by Gasteiger charge is 2.27. The Morgan fingerprint density at radius 3 is 2.62 bits per heavy atom. The summed E-state index contributed by atoms with van der Waals surface area (Å²) in [5.74, 6) is -1.45. The topological polar surface area (TPSA) is 106 Å². The van der Waals surface area contributed by atoms with E-state index in [0.717, 1.165) is 0 Å². The van der Waals surface area contributed by atoms with Gasteiger partial charge in [0.05, 0.1) is 29.7 Å². The molecule has 0 aliphatic carbocycles. The van der Waals surface area contributed by atoms with Crippen LogP contribution in [0.5, 0.6) is 5.75 Å². The first-order valence-corrected chi connectivity index (χ1v) is 10.7. The molecule has 34 heavy (non-hydrogen) atoms. The number of rotatable bonds is 9. The van der Waals surface area contributed by atoms with E-state index in [1.54, 1.807) is 24.3 Å². The standard InChI is InChI=1S/C24H21ClFN3O5/c1-3-32-17-10-8-16(9-11-17)29(13-5-12-27)20(30)14-33-24(31)21-15(2)34-28-23(21)22-18(25)6-4-7-19(22)26/h4,6-11H,3,5,13-14H2,1-2H3. The van der Waals surface area contributed by atoms with Gasteiger partial charge in [-0.05, 0) is 50.2 Å². The van der Waals surface area contributed by atoms with Crippen molar-refractivity contribution in [3.63, 3.8) is 0 Å². The molecule has 3 rings (SSSR count). The van der Waals surface area contributed by atoms with Crippen LogP contribution in [0.2, 0.25) is 5.02 Å². The zero-order valence-electron chi connectivity index (χ0n) is 18.5. The van der Waals surface area contributed by atoms with Crippen LogP contribution in [0, 0.1) is 24.1 Å². The van der Waals surface area contributed by atoms with Crippen LogP contribution in [0.25, 0.3) is 11.3 Å². The Morgan fingerprint density at radius 1 is 1.24 bits per heavy atom. The van der Waals surface area contributed by atoms with E-state index in [-0.39, 0.29) is 40.6 Å². The number of benzene rings is 2. The van der Waals surface area contributed by atoms with Gasteiger partial charge in [-0.2, -0.15) is 5.26 Å². The Balaban J connectivity index is 1.78. The average molecular weight is 486 g/mol. The van der Waals surface area contributed by atoms with E-state index < -0.39 is 24.3 Å². The summed E-state index contributed by atoms with van der Waals surface area (Å²) in [6.45, 7) is 3.29. The number of carbonyl (C=O) groups excluding carboxylic acids is 2. The van der Waals surface area contributed by atoms with Crippen LogP contribution in [-0.2, 0) is 9.53 Å². The van der Waals surface area contributed by atoms with Gasteiger partial charge in [-0.1, -0.05) is 22.8 Å². The minimum atomic E-state index is -0.923. The van der Waals surface area contributed by atoms with Gasteiger partial charge in [-0.3, -0.25) is 4.79 Å². The number of halogens is 2. The summed E-state index contributed by atoms with van der Waals surface area (Å²) in [6.07, 6.45) is 0.0770. The molecule has 0 aliphatic rings. The Labute approximate surface area is 200 Å². The van der Waals surface area contributed by atoms with Crippen LogP contribution >= 0.6 is 11.6 Å². The molecule has 3 aromatic rings. The number of esters is 1. The highest BCUT2D eigenvalue weighted by Crippen LogP contribution is 2.33. The van der Waals surface area contributed by atoms with Crippen LogP contribution in [0.1, 0.15) is 29.5 Å². The lowest BCUT2D eigenvalue weighted by molar-refractivity contribution is -0.121. The van der Waals surface area contributed by atoms with Gasteiger partial charge >= 0.3 is 5.97 Å². The number of aryl methyl sites for hydroxylation is 1. The molecule has 8 nitrogen and oxygen atoms in total. The first-order valence-electron chi connectivity index (χ1n) is 10.3. The zero-order chi connectivity index (χ0) is 24.7. The molecule has 0 saturated carbocycles. The molecule has 176 valence electrons. The molecule has 0 atom stereocenters. The number of nitriles is 1. The molecular formula is C24H21ClFN3O5. The van der Waals surface area contributed by atoms with E-state index >= 15 is 0 Å². The molecule has 10 heteroatoms. The molecule has 0 aliphatic heterocycles. The molecule has 1 heterocycles. The first-order chi connectivity index (χ1) is 16.4. The fraction of sp³-hybridized carbons (Fsp3) is 0.250. The number of nitrogens with zero attached hydrogens (tertiary/aromatic N) is 3. The predicted octanol–water partition coefficient (Wildman–Crippen LogP) is 4.94. The van der Waals surface area contributed by atoms with Gasteiger partial charge in [0.15, 0.2) is 6.61 Å². The third-order valence-corrected chi connectivity index (χ3v) is 5.12. The van der Waals surface area contributed by atoms with Crippen molar-refractivity contribution >= 4 is 29.2 Å². The number of amides is 1. The molecule has 0 N–H and O–H groups in total. The molecule has 0 radical (unpaired) electrons. The van der Waals surface area contributed by atoms with Gasteiger partial charge in [0.25, 0.3) is 5.91 Å². The molecule has 2 aromatic carbocycles. The maximum absolute atomic E-state index is 14.4. The highest BCUT2D eigenvalue weighted by molar-refractivity contribution is 6.33. The van der Waals surface area contributed by atoms with Crippen molar-refractivity contribution < 1.29 is 28.0 Å². The van der Waals surface area contributed by atoms with Crippen molar-refractivity contribution in [3.05, 3.63) is 64.6 Å². The predicted molar refractivity (Wildman–Crippen MR) is 122 cm³/mol. The van der Waals surface area contributed by atoms with Crippen LogP contribution in [0.15, 0.2) is 47.0 Å². The van der Waals surface area contributed by atoms with Crippen molar-refractivity contribution in [3.8, 4) is 23.1 Å².